The second-order valence-electron chi connectivity index (χ2n) is 6.88. The van der Waals surface area contributed by atoms with Crippen LogP contribution in [0.1, 0.15) is 22.0 Å². The lowest BCUT2D eigenvalue weighted by molar-refractivity contribution is 0.305. The molecule has 0 aliphatic carbocycles. The summed E-state index contributed by atoms with van der Waals surface area (Å²) in [7, 11) is 0. The van der Waals surface area contributed by atoms with Crippen molar-refractivity contribution in [2.45, 2.75) is 27.3 Å². The van der Waals surface area contributed by atoms with Crippen molar-refractivity contribution in [3.05, 3.63) is 33.7 Å². The number of hydrogen-bond donors (Lipinski definition) is 0. The van der Waals surface area contributed by atoms with Crippen LogP contribution in [0.25, 0.3) is 0 Å². The third-order valence-electron chi connectivity index (χ3n) is 5.22. The molecule has 6 heteroatoms. The number of aromatic nitrogens is 3. The van der Waals surface area contributed by atoms with Gasteiger partial charge in [-0.2, -0.15) is 0 Å². The van der Waals surface area contributed by atoms with Crippen LogP contribution in [-0.2, 0) is 6.54 Å². The summed E-state index contributed by atoms with van der Waals surface area (Å²) in [5.74, 6) is 2.64. The molecule has 2 fully saturated rings. The Bertz CT molecular complexity index is 699. The predicted octanol–water partition coefficient (Wildman–Crippen LogP) is 2.43. The molecule has 0 bridgehead atoms. The fourth-order valence-corrected chi connectivity index (χ4v) is 4.55. The molecule has 0 spiro atoms. The number of rotatable bonds is 3. The summed E-state index contributed by atoms with van der Waals surface area (Å²) in [5.41, 5.74) is 3.54. The average molecular weight is 329 g/mol. The molecule has 0 saturated carbocycles. The molecule has 2 aromatic rings. The topological polar surface area (TPSA) is 45.2 Å². The van der Waals surface area contributed by atoms with E-state index in [-0.39, 0.29) is 0 Å². The number of likely N-dealkylation sites (tertiary alicyclic amines) is 1. The first-order chi connectivity index (χ1) is 11.1. The molecule has 122 valence electrons. The van der Waals surface area contributed by atoms with Crippen LogP contribution in [0.3, 0.4) is 0 Å². The molecule has 4 heterocycles. The van der Waals surface area contributed by atoms with Crippen molar-refractivity contribution in [3.8, 4) is 0 Å². The Morgan fingerprint density at radius 2 is 1.83 bits per heavy atom. The average Bonchev–Trinajstić information content (AvgIpc) is 3.17. The molecule has 2 aromatic heterocycles. The molecule has 0 N–H and O–H groups in total. The second kappa shape index (κ2) is 5.83. The van der Waals surface area contributed by atoms with Crippen LogP contribution >= 0.6 is 11.3 Å². The van der Waals surface area contributed by atoms with Crippen molar-refractivity contribution in [1.82, 2.24) is 19.9 Å². The van der Waals surface area contributed by atoms with E-state index in [0.717, 1.165) is 43.0 Å². The van der Waals surface area contributed by atoms with Gasteiger partial charge in [-0.1, -0.05) is 0 Å². The van der Waals surface area contributed by atoms with E-state index in [1.54, 1.807) is 17.7 Å². The summed E-state index contributed by atoms with van der Waals surface area (Å²) >= 11 is 1.75. The summed E-state index contributed by atoms with van der Waals surface area (Å²) in [6.07, 6.45) is 1.70. The van der Waals surface area contributed by atoms with Crippen LogP contribution in [0.5, 0.6) is 0 Å². The SMILES string of the molecule is Cc1nc(CN2CC3CN(c4ncnc(C)c4C)CC3C2)cs1. The first kappa shape index (κ1) is 15.0. The molecular weight excluding hydrogens is 306 g/mol. The zero-order valence-corrected chi connectivity index (χ0v) is 14.8. The lowest BCUT2D eigenvalue weighted by Crippen LogP contribution is -2.29. The summed E-state index contributed by atoms with van der Waals surface area (Å²) in [6, 6.07) is 0. The Labute approximate surface area is 141 Å². The van der Waals surface area contributed by atoms with Crippen molar-refractivity contribution in [2.24, 2.45) is 11.8 Å². The monoisotopic (exact) mass is 329 g/mol. The third kappa shape index (κ3) is 2.85. The normalized spacial score (nSPS) is 24.4. The molecular formula is C17H23N5S. The summed E-state index contributed by atoms with van der Waals surface area (Å²) in [6.45, 7) is 11.9. The lowest BCUT2D eigenvalue weighted by Gasteiger charge is -2.23. The highest BCUT2D eigenvalue weighted by Crippen LogP contribution is 2.35. The fourth-order valence-electron chi connectivity index (χ4n) is 3.95. The molecule has 23 heavy (non-hydrogen) atoms. The van der Waals surface area contributed by atoms with Crippen molar-refractivity contribution in [3.63, 3.8) is 0 Å². The van der Waals surface area contributed by atoms with Crippen molar-refractivity contribution in [2.75, 3.05) is 31.1 Å². The van der Waals surface area contributed by atoms with Gasteiger partial charge in [-0.3, -0.25) is 4.90 Å². The van der Waals surface area contributed by atoms with Crippen molar-refractivity contribution >= 4 is 17.2 Å². The molecule has 4 rings (SSSR count). The second-order valence-corrected chi connectivity index (χ2v) is 7.95. The van der Waals surface area contributed by atoms with Gasteiger partial charge in [-0.05, 0) is 32.6 Å². The summed E-state index contributed by atoms with van der Waals surface area (Å²) in [4.78, 5) is 18.5. The molecule has 2 aliphatic rings. The zero-order valence-electron chi connectivity index (χ0n) is 14.0. The van der Waals surface area contributed by atoms with E-state index >= 15 is 0 Å². The minimum atomic E-state index is 0.754. The third-order valence-corrected chi connectivity index (χ3v) is 6.05. The number of anilines is 1. The van der Waals surface area contributed by atoms with Crippen LogP contribution < -0.4 is 4.90 Å². The van der Waals surface area contributed by atoms with E-state index in [1.165, 1.54) is 29.4 Å². The minimum Gasteiger partial charge on any atom is -0.356 e. The smallest absolute Gasteiger partial charge is 0.135 e. The van der Waals surface area contributed by atoms with Gasteiger partial charge in [0.25, 0.3) is 0 Å². The maximum absolute atomic E-state index is 4.60. The van der Waals surface area contributed by atoms with Crippen LogP contribution in [0.4, 0.5) is 5.82 Å². The van der Waals surface area contributed by atoms with E-state index in [4.69, 9.17) is 0 Å². The van der Waals surface area contributed by atoms with E-state index in [2.05, 4.69) is 50.9 Å². The van der Waals surface area contributed by atoms with Gasteiger partial charge in [0.05, 0.1) is 10.7 Å². The van der Waals surface area contributed by atoms with Gasteiger partial charge in [0.2, 0.25) is 0 Å². The molecule has 0 radical (unpaired) electrons. The van der Waals surface area contributed by atoms with Crippen LogP contribution in [0, 0.1) is 32.6 Å². The Morgan fingerprint density at radius 1 is 1.09 bits per heavy atom. The highest BCUT2D eigenvalue weighted by molar-refractivity contribution is 7.09. The largest absolute Gasteiger partial charge is 0.356 e. The molecule has 2 unspecified atom stereocenters. The van der Waals surface area contributed by atoms with Gasteiger partial charge >= 0.3 is 0 Å². The van der Waals surface area contributed by atoms with Crippen LogP contribution in [-0.4, -0.2) is 46.0 Å². The highest BCUT2D eigenvalue weighted by atomic mass is 32.1. The number of hydrogen-bond acceptors (Lipinski definition) is 6. The molecule has 5 nitrogen and oxygen atoms in total. The Balaban J connectivity index is 1.41. The van der Waals surface area contributed by atoms with E-state index in [9.17, 15) is 0 Å². The van der Waals surface area contributed by atoms with Crippen molar-refractivity contribution < 1.29 is 0 Å². The minimum absolute atomic E-state index is 0.754. The van der Waals surface area contributed by atoms with Gasteiger partial charge < -0.3 is 4.90 Å². The van der Waals surface area contributed by atoms with E-state index in [1.807, 2.05) is 0 Å². The summed E-state index contributed by atoms with van der Waals surface area (Å²) < 4.78 is 0. The molecule has 0 amide bonds. The molecule has 2 saturated heterocycles. The standard InChI is InChI=1S/C17H23N5S/c1-11-12(2)18-10-19-17(11)22-6-14-4-21(5-15(14)7-22)8-16-9-23-13(3)20-16/h9-10,14-15H,4-8H2,1-3H3. The first-order valence-electron chi connectivity index (χ1n) is 8.26. The van der Waals surface area contributed by atoms with Crippen LogP contribution in [0.15, 0.2) is 11.7 Å². The maximum atomic E-state index is 4.60. The predicted molar refractivity (Wildman–Crippen MR) is 92.8 cm³/mol. The van der Waals surface area contributed by atoms with Gasteiger partial charge in [0.15, 0.2) is 0 Å². The Hall–Kier alpha value is -1.53. The molecule has 2 atom stereocenters. The van der Waals surface area contributed by atoms with E-state index in [0.29, 0.717) is 0 Å². The number of aryl methyl sites for hydroxylation is 2. The molecule has 0 aromatic carbocycles. The Morgan fingerprint density at radius 3 is 2.48 bits per heavy atom. The van der Waals surface area contributed by atoms with Gasteiger partial charge in [-0.15, -0.1) is 11.3 Å². The number of thiazole rings is 1. The van der Waals surface area contributed by atoms with E-state index < -0.39 is 0 Å². The maximum Gasteiger partial charge on any atom is 0.135 e. The molecule has 2 aliphatic heterocycles. The van der Waals surface area contributed by atoms with Gasteiger partial charge in [0.1, 0.15) is 12.1 Å². The highest BCUT2D eigenvalue weighted by Gasteiger charge is 2.40. The van der Waals surface area contributed by atoms with Crippen LogP contribution in [0.2, 0.25) is 0 Å². The Kier molecular flexibility index (Phi) is 3.81. The number of fused-ring (bicyclic) bond motifs is 1. The van der Waals surface area contributed by atoms with Gasteiger partial charge in [-0.25, -0.2) is 15.0 Å². The first-order valence-corrected chi connectivity index (χ1v) is 9.14. The van der Waals surface area contributed by atoms with Crippen molar-refractivity contribution in [1.29, 1.82) is 0 Å². The quantitative estimate of drug-likeness (QED) is 0.865. The number of nitrogens with zero attached hydrogens (tertiary/aromatic N) is 5. The fraction of sp³-hybridized carbons (Fsp3) is 0.588. The lowest BCUT2D eigenvalue weighted by atomic mass is 10.0. The summed E-state index contributed by atoms with van der Waals surface area (Å²) in [5, 5.41) is 3.36. The zero-order chi connectivity index (χ0) is 16.0. The van der Waals surface area contributed by atoms with Gasteiger partial charge in [0, 0.05) is 49.4 Å².